The number of nitro benzene ring substituents is 1. The lowest BCUT2D eigenvalue weighted by atomic mass is 10.2. The highest BCUT2D eigenvalue weighted by Crippen LogP contribution is 2.30. The molecule has 0 N–H and O–H groups in total. The minimum Gasteiger partial charge on any atom is -0.344 e. The molecular formula is C12H13IN2O2. The Labute approximate surface area is 113 Å². The summed E-state index contributed by atoms with van der Waals surface area (Å²) in [6, 6.07) is 5.09. The fourth-order valence-corrected chi connectivity index (χ4v) is 3.30. The van der Waals surface area contributed by atoms with Crippen LogP contribution in [0.1, 0.15) is 19.5 Å². The molecule has 0 saturated carbocycles. The van der Waals surface area contributed by atoms with Crippen molar-refractivity contribution in [2.75, 3.05) is 0 Å². The maximum Gasteiger partial charge on any atom is 0.271 e. The number of hydrogen-bond acceptors (Lipinski definition) is 2. The monoisotopic (exact) mass is 344 g/mol. The van der Waals surface area contributed by atoms with Crippen molar-refractivity contribution in [3.05, 3.63) is 37.6 Å². The Kier molecular flexibility index (Phi) is 3.37. The van der Waals surface area contributed by atoms with Crippen molar-refractivity contribution >= 4 is 39.2 Å². The van der Waals surface area contributed by atoms with Crippen LogP contribution < -0.4 is 0 Å². The highest BCUT2D eigenvalue weighted by atomic mass is 127. The van der Waals surface area contributed by atoms with Crippen LogP contribution in [0.5, 0.6) is 0 Å². The van der Waals surface area contributed by atoms with Gasteiger partial charge in [-0.15, -0.1) is 0 Å². The second-order valence-corrected chi connectivity index (χ2v) is 4.90. The molecule has 0 radical (unpaired) electrons. The number of nitrogens with zero attached hydrogens (tertiary/aromatic N) is 2. The molecule has 17 heavy (non-hydrogen) atoms. The van der Waals surface area contributed by atoms with Crippen molar-refractivity contribution in [2.45, 2.75) is 26.8 Å². The summed E-state index contributed by atoms with van der Waals surface area (Å²) in [5.41, 5.74) is 2.37. The Morgan fingerprint density at radius 2 is 2.12 bits per heavy atom. The van der Waals surface area contributed by atoms with Crippen molar-refractivity contribution in [1.29, 1.82) is 0 Å². The summed E-state index contributed by atoms with van der Waals surface area (Å²) in [5.74, 6) is 0. The second kappa shape index (κ2) is 4.64. The van der Waals surface area contributed by atoms with Crippen LogP contribution >= 0.6 is 22.6 Å². The van der Waals surface area contributed by atoms with E-state index in [1.54, 1.807) is 12.1 Å². The number of aromatic nitrogens is 1. The normalized spacial score (nSPS) is 11.0. The Bertz CT molecular complexity index is 590. The first-order valence-corrected chi connectivity index (χ1v) is 6.63. The summed E-state index contributed by atoms with van der Waals surface area (Å²) >= 11 is 2.32. The van der Waals surface area contributed by atoms with Gasteiger partial charge in [-0.1, -0.05) is 6.92 Å². The molecule has 1 aromatic carbocycles. The van der Waals surface area contributed by atoms with E-state index in [4.69, 9.17) is 0 Å². The number of aryl methyl sites for hydroxylation is 1. The first-order valence-electron chi connectivity index (χ1n) is 5.55. The van der Waals surface area contributed by atoms with Gasteiger partial charge in [0.15, 0.2) is 0 Å². The average molecular weight is 344 g/mol. The minimum absolute atomic E-state index is 0.156. The molecule has 0 spiro atoms. The Hall–Kier alpha value is -1.11. The van der Waals surface area contributed by atoms with Crippen LogP contribution in [0.3, 0.4) is 0 Å². The van der Waals surface area contributed by atoms with Crippen molar-refractivity contribution in [1.82, 2.24) is 4.57 Å². The quantitative estimate of drug-likeness (QED) is 0.484. The number of benzene rings is 1. The fourth-order valence-electron chi connectivity index (χ4n) is 2.17. The van der Waals surface area contributed by atoms with Gasteiger partial charge < -0.3 is 4.57 Å². The maximum atomic E-state index is 10.8. The molecule has 1 aromatic heterocycles. The van der Waals surface area contributed by atoms with Gasteiger partial charge in [0.25, 0.3) is 5.69 Å². The van der Waals surface area contributed by atoms with Crippen molar-refractivity contribution in [3.63, 3.8) is 0 Å². The second-order valence-electron chi connectivity index (χ2n) is 3.82. The molecule has 0 atom stereocenters. The van der Waals surface area contributed by atoms with E-state index in [2.05, 4.69) is 41.0 Å². The molecule has 1 heterocycles. The summed E-state index contributed by atoms with van der Waals surface area (Å²) < 4.78 is 3.36. The van der Waals surface area contributed by atoms with Gasteiger partial charge in [0.05, 0.1) is 10.4 Å². The van der Waals surface area contributed by atoms with Crippen molar-refractivity contribution < 1.29 is 4.92 Å². The van der Waals surface area contributed by atoms with E-state index in [0.717, 1.165) is 23.9 Å². The van der Waals surface area contributed by atoms with Crippen LogP contribution in [0.4, 0.5) is 5.69 Å². The first-order chi connectivity index (χ1) is 8.10. The molecule has 2 rings (SSSR count). The van der Waals surface area contributed by atoms with Gasteiger partial charge in [-0.05, 0) is 42.0 Å². The zero-order chi connectivity index (χ0) is 12.6. The van der Waals surface area contributed by atoms with Crippen LogP contribution in [-0.4, -0.2) is 9.49 Å². The van der Waals surface area contributed by atoms with Crippen LogP contribution in [0.15, 0.2) is 18.2 Å². The van der Waals surface area contributed by atoms with Crippen LogP contribution in [-0.2, 0) is 13.0 Å². The minimum atomic E-state index is -0.342. The van der Waals surface area contributed by atoms with Crippen LogP contribution in [0, 0.1) is 13.7 Å². The molecule has 0 aliphatic heterocycles. The first kappa shape index (κ1) is 12.3. The molecule has 0 amide bonds. The summed E-state index contributed by atoms with van der Waals surface area (Å²) in [6.45, 7) is 5.01. The molecule has 0 bridgehead atoms. The lowest BCUT2D eigenvalue weighted by Gasteiger charge is -2.05. The van der Waals surface area contributed by atoms with E-state index in [9.17, 15) is 10.1 Å². The molecule has 0 aliphatic carbocycles. The number of hydrogen-bond donors (Lipinski definition) is 0. The lowest BCUT2D eigenvalue weighted by Crippen LogP contribution is -2.00. The zero-order valence-electron chi connectivity index (χ0n) is 9.74. The van der Waals surface area contributed by atoms with Gasteiger partial charge in [-0.2, -0.15) is 0 Å². The predicted octanol–water partition coefficient (Wildman–Crippen LogP) is 3.74. The van der Waals surface area contributed by atoms with E-state index in [1.807, 2.05) is 6.07 Å². The third-order valence-corrected chi connectivity index (χ3v) is 4.15. The highest BCUT2D eigenvalue weighted by molar-refractivity contribution is 14.1. The Balaban J connectivity index is 2.80. The molecular weight excluding hydrogens is 331 g/mol. The number of non-ortho nitro benzene ring substituents is 1. The largest absolute Gasteiger partial charge is 0.344 e. The van der Waals surface area contributed by atoms with Gasteiger partial charge in [0.2, 0.25) is 0 Å². The molecule has 5 heteroatoms. The summed E-state index contributed by atoms with van der Waals surface area (Å²) in [5, 5.41) is 11.9. The van der Waals surface area contributed by atoms with Gasteiger partial charge in [-0.25, -0.2) is 0 Å². The third-order valence-electron chi connectivity index (χ3n) is 2.95. The van der Waals surface area contributed by atoms with E-state index in [0.29, 0.717) is 0 Å². The molecule has 0 unspecified atom stereocenters. The maximum absolute atomic E-state index is 10.8. The van der Waals surface area contributed by atoms with Gasteiger partial charge >= 0.3 is 0 Å². The Morgan fingerprint density at radius 3 is 2.65 bits per heavy atom. The topological polar surface area (TPSA) is 48.1 Å². The zero-order valence-corrected chi connectivity index (χ0v) is 11.9. The van der Waals surface area contributed by atoms with Gasteiger partial charge in [0, 0.05) is 33.3 Å². The van der Waals surface area contributed by atoms with Gasteiger partial charge in [0.1, 0.15) is 0 Å². The molecule has 0 aliphatic rings. The summed E-state index contributed by atoms with van der Waals surface area (Å²) in [6.07, 6.45) is 0.939. The summed E-state index contributed by atoms with van der Waals surface area (Å²) in [4.78, 5) is 10.5. The van der Waals surface area contributed by atoms with Crippen LogP contribution in [0.2, 0.25) is 0 Å². The van der Waals surface area contributed by atoms with E-state index in [-0.39, 0.29) is 10.6 Å². The Morgan fingerprint density at radius 1 is 1.41 bits per heavy atom. The number of fused-ring (bicyclic) bond motifs is 1. The fraction of sp³-hybridized carbons (Fsp3) is 0.333. The molecule has 4 nitrogen and oxygen atoms in total. The predicted molar refractivity (Wildman–Crippen MR) is 76.4 cm³/mol. The molecule has 0 saturated heterocycles. The highest BCUT2D eigenvalue weighted by Gasteiger charge is 2.16. The van der Waals surface area contributed by atoms with Crippen molar-refractivity contribution in [2.24, 2.45) is 0 Å². The average Bonchev–Trinajstić information content (AvgIpc) is 2.60. The number of rotatable bonds is 3. The van der Waals surface area contributed by atoms with E-state index < -0.39 is 0 Å². The standard InChI is InChI=1S/C12H13IN2O2/c1-3-10-12(13)9-6-5-8(15(16)17)7-11(9)14(10)4-2/h5-7H,3-4H2,1-2H3. The van der Waals surface area contributed by atoms with Crippen molar-refractivity contribution in [3.8, 4) is 0 Å². The number of halogens is 1. The smallest absolute Gasteiger partial charge is 0.271 e. The molecule has 0 fully saturated rings. The third kappa shape index (κ3) is 1.92. The summed E-state index contributed by atoms with van der Waals surface area (Å²) in [7, 11) is 0. The van der Waals surface area contributed by atoms with E-state index in [1.165, 1.54) is 9.26 Å². The molecule has 2 aromatic rings. The van der Waals surface area contributed by atoms with E-state index >= 15 is 0 Å². The molecule has 90 valence electrons. The SMILES string of the molecule is CCc1c(I)c2ccc([N+](=O)[O-])cc2n1CC. The van der Waals surface area contributed by atoms with Crippen LogP contribution in [0.25, 0.3) is 10.9 Å². The number of nitro groups is 1. The van der Waals surface area contributed by atoms with Gasteiger partial charge in [-0.3, -0.25) is 10.1 Å². The lowest BCUT2D eigenvalue weighted by molar-refractivity contribution is -0.384.